The van der Waals surface area contributed by atoms with Crippen molar-refractivity contribution in [2.24, 2.45) is 0 Å². The van der Waals surface area contributed by atoms with Crippen LogP contribution < -0.4 is 4.90 Å². The van der Waals surface area contributed by atoms with Crippen molar-refractivity contribution in [2.45, 2.75) is 27.7 Å². The number of anilines is 1. The summed E-state index contributed by atoms with van der Waals surface area (Å²) in [7, 11) is 0. The molecule has 1 saturated heterocycles. The van der Waals surface area contributed by atoms with E-state index in [1.165, 1.54) is 16.8 Å². The Bertz CT molecular complexity index is 1030. The van der Waals surface area contributed by atoms with Crippen LogP contribution in [-0.4, -0.2) is 52.0 Å². The number of carbonyl (C=O) groups excluding carboxylic acids is 1. The van der Waals surface area contributed by atoms with E-state index < -0.39 is 0 Å². The van der Waals surface area contributed by atoms with Gasteiger partial charge in [-0.3, -0.25) is 4.79 Å². The van der Waals surface area contributed by atoms with Crippen LogP contribution >= 0.6 is 0 Å². The van der Waals surface area contributed by atoms with Crippen LogP contribution in [0.4, 0.5) is 5.69 Å². The Morgan fingerprint density at radius 1 is 0.862 bits per heavy atom. The van der Waals surface area contributed by atoms with Gasteiger partial charge >= 0.3 is 0 Å². The van der Waals surface area contributed by atoms with E-state index in [0.29, 0.717) is 18.8 Å². The first-order valence-corrected chi connectivity index (χ1v) is 10.0. The minimum atomic E-state index is -0.0547. The Morgan fingerprint density at radius 3 is 2.21 bits per heavy atom. The molecule has 4 rings (SSSR count). The SMILES string of the molecule is Cc1cc(C)cc(-n2cc(C(=O)N3CCN(c4ccc(C)cc4C)CC3)nn2)c1. The molecule has 2 aromatic carbocycles. The van der Waals surface area contributed by atoms with Crippen molar-refractivity contribution >= 4 is 11.6 Å². The molecule has 3 aromatic rings. The van der Waals surface area contributed by atoms with Gasteiger partial charge < -0.3 is 9.80 Å². The highest BCUT2D eigenvalue weighted by atomic mass is 16.2. The molecule has 1 amide bonds. The fourth-order valence-corrected chi connectivity index (χ4v) is 4.04. The van der Waals surface area contributed by atoms with Gasteiger partial charge in [0.15, 0.2) is 5.69 Å². The molecule has 0 radical (unpaired) electrons. The predicted octanol–water partition coefficient (Wildman–Crippen LogP) is 3.46. The van der Waals surface area contributed by atoms with Crippen LogP contribution in [0.1, 0.15) is 32.7 Å². The maximum absolute atomic E-state index is 12.9. The normalized spacial score (nSPS) is 14.3. The highest BCUT2D eigenvalue weighted by Crippen LogP contribution is 2.23. The number of piperazine rings is 1. The van der Waals surface area contributed by atoms with E-state index in [-0.39, 0.29) is 5.91 Å². The molecule has 0 spiro atoms. The molecule has 2 heterocycles. The van der Waals surface area contributed by atoms with Gasteiger partial charge in [0.2, 0.25) is 0 Å². The summed E-state index contributed by atoms with van der Waals surface area (Å²) in [5.74, 6) is -0.0547. The van der Waals surface area contributed by atoms with Crippen LogP contribution in [0, 0.1) is 27.7 Å². The van der Waals surface area contributed by atoms with Crippen LogP contribution in [0.15, 0.2) is 42.6 Å². The second-order valence-corrected chi connectivity index (χ2v) is 7.96. The average Bonchev–Trinajstić information content (AvgIpc) is 3.17. The second-order valence-electron chi connectivity index (χ2n) is 7.96. The lowest BCUT2D eigenvalue weighted by molar-refractivity contribution is 0.0740. The van der Waals surface area contributed by atoms with E-state index >= 15 is 0 Å². The summed E-state index contributed by atoms with van der Waals surface area (Å²) >= 11 is 0. The molecular formula is C23H27N5O. The third-order valence-corrected chi connectivity index (χ3v) is 5.44. The quantitative estimate of drug-likeness (QED) is 0.688. The number of rotatable bonds is 3. The van der Waals surface area contributed by atoms with Crippen LogP contribution in [0.2, 0.25) is 0 Å². The smallest absolute Gasteiger partial charge is 0.276 e. The van der Waals surface area contributed by atoms with Crippen molar-refractivity contribution in [1.29, 1.82) is 0 Å². The van der Waals surface area contributed by atoms with Gasteiger partial charge in [0.1, 0.15) is 0 Å². The van der Waals surface area contributed by atoms with E-state index in [2.05, 4.69) is 67.2 Å². The largest absolute Gasteiger partial charge is 0.368 e. The Kier molecular flexibility index (Phi) is 5.09. The molecule has 0 unspecified atom stereocenters. The third-order valence-electron chi connectivity index (χ3n) is 5.44. The first-order chi connectivity index (χ1) is 13.9. The van der Waals surface area contributed by atoms with Crippen molar-refractivity contribution in [3.05, 3.63) is 70.5 Å². The van der Waals surface area contributed by atoms with Gasteiger partial charge in [0, 0.05) is 31.9 Å². The van der Waals surface area contributed by atoms with Crippen LogP contribution in [0.5, 0.6) is 0 Å². The van der Waals surface area contributed by atoms with Crippen molar-refractivity contribution in [3.63, 3.8) is 0 Å². The number of aromatic nitrogens is 3. The molecule has 0 N–H and O–H groups in total. The number of nitrogens with zero attached hydrogens (tertiary/aromatic N) is 5. The topological polar surface area (TPSA) is 54.3 Å². The summed E-state index contributed by atoms with van der Waals surface area (Å²) in [6, 6.07) is 12.7. The molecule has 0 aliphatic carbocycles. The molecule has 1 aliphatic heterocycles. The number of carbonyl (C=O) groups is 1. The summed E-state index contributed by atoms with van der Waals surface area (Å²) in [6.07, 6.45) is 1.73. The molecule has 1 fully saturated rings. The van der Waals surface area contributed by atoms with Gasteiger partial charge in [0.05, 0.1) is 11.9 Å². The zero-order valence-electron chi connectivity index (χ0n) is 17.5. The number of hydrogen-bond donors (Lipinski definition) is 0. The van der Waals surface area contributed by atoms with Crippen LogP contribution in [0.25, 0.3) is 5.69 Å². The Hall–Kier alpha value is -3.15. The molecule has 150 valence electrons. The van der Waals surface area contributed by atoms with Gasteiger partial charge in [-0.25, -0.2) is 4.68 Å². The minimum Gasteiger partial charge on any atom is -0.368 e. The second kappa shape index (κ2) is 7.70. The van der Waals surface area contributed by atoms with Gasteiger partial charge in [0.25, 0.3) is 5.91 Å². The number of aryl methyl sites for hydroxylation is 4. The van der Waals surface area contributed by atoms with Crippen molar-refractivity contribution in [1.82, 2.24) is 19.9 Å². The van der Waals surface area contributed by atoms with Crippen LogP contribution in [-0.2, 0) is 0 Å². The Morgan fingerprint density at radius 2 is 1.55 bits per heavy atom. The summed E-state index contributed by atoms with van der Waals surface area (Å²) < 4.78 is 1.68. The maximum atomic E-state index is 12.9. The average molecular weight is 390 g/mol. The third kappa shape index (κ3) is 4.01. The van der Waals surface area contributed by atoms with Gasteiger partial charge in [-0.2, -0.15) is 0 Å². The highest BCUT2D eigenvalue weighted by molar-refractivity contribution is 5.92. The molecule has 6 heteroatoms. The van der Waals surface area contributed by atoms with Crippen molar-refractivity contribution in [2.75, 3.05) is 31.1 Å². The fraction of sp³-hybridized carbons (Fsp3) is 0.348. The molecule has 6 nitrogen and oxygen atoms in total. The van der Waals surface area contributed by atoms with E-state index in [9.17, 15) is 4.79 Å². The molecule has 0 atom stereocenters. The summed E-state index contributed by atoms with van der Waals surface area (Å²) in [5, 5.41) is 8.31. The zero-order chi connectivity index (χ0) is 20.5. The van der Waals surface area contributed by atoms with Crippen molar-refractivity contribution in [3.8, 4) is 5.69 Å². The van der Waals surface area contributed by atoms with Gasteiger partial charge in [-0.05, 0) is 62.6 Å². The van der Waals surface area contributed by atoms with Crippen molar-refractivity contribution < 1.29 is 4.79 Å². The summed E-state index contributed by atoms with van der Waals surface area (Å²) in [6.45, 7) is 11.4. The molecule has 1 aromatic heterocycles. The first-order valence-electron chi connectivity index (χ1n) is 10.0. The van der Waals surface area contributed by atoms with E-state index in [1.807, 2.05) is 17.0 Å². The fourth-order valence-electron chi connectivity index (χ4n) is 4.04. The lowest BCUT2D eigenvalue weighted by Gasteiger charge is -2.36. The molecular weight excluding hydrogens is 362 g/mol. The van der Waals surface area contributed by atoms with E-state index in [4.69, 9.17) is 0 Å². The number of benzene rings is 2. The summed E-state index contributed by atoms with van der Waals surface area (Å²) in [4.78, 5) is 17.1. The van der Waals surface area contributed by atoms with Gasteiger partial charge in [-0.1, -0.05) is 29.0 Å². The Labute approximate surface area is 171 Å². The lowest BCUT2D eigenvalue weighted by Crippen LogP contribution is -2.49. The Balaban J connectivity index is 1.44. The zero-order valence-corrected chi connectivity index (χ0v) is 17.5. The minimum absolute atomic E-state index is 0.0547. The number of amides is 1. The predicted molar refractivity (Wildman–Crippen MR) is 115 cm³/mol. The van der Waals surface area contributed by atoms with Gasteiger partial charge in [-0.15, -0.1) is 5.10 Å². The van der Waals surface area contributed by atoms with E-state index in [1.54, 1.807) is 10.9 Å². The molecule has 29 heavy (non-hydrogen) atoms. The molecule has 0 saturated carbocycles. The first kappa shape index (κ1) is 19.2. The number of hydrogen-bond acceptors (Lipinski definition) is 4. The maximum Gasteiger partial charge on any atom is 0.276 e. The van der Waals surface area contributed by atoms with E-state index in [0.717, 1.165) is 29.9 Å². The highest BCUT2D eigenvalue weighted by Gasteiger charge is 2.25. The monoisotopic (exact) mass is 389 g/mol. The lowest BCUT2D eigenvalue weighted by atomic mass is 10.1. The molecule has 0 bridgehead atoms. The molecule has 1 aliphatic rings. The van der Waals surface area contributed by atoms with Crippen LogP contribution in [0.3, 0.4) is 0 Å². The standard InChI is InChI=1S/C23H27N5O/c1-16-5-6-22(19(4)12-16)26-7-9-27(10-8-26)23(29)21-15-28(25-24-21)20-13-17(2)11-18(3)14-20/h5-6,11-15H,7-10H2,1-4H3. The summed E-state index contributed by atoms with van der Waals surface area (Å²) in [5.41, 5.74) is 7.44.